The molecule has 0 saturated carbocycles. The van der Waals surface area contributed by atoms with E-state index in [1.165, 1.54) is 0 Å². The van der Waals surface area contributed by atoms with E-state index in [1.54, 1.807) is 6.07 Å². The second-order valence-corrected chi connectivity index (χ2v) is 5.14. The summed E-state index contributed by atoms with van der Waals surface area (Å²) in [7, 11) is 0. The van der Waals surface area contributed by atoms with Gasteiger partial charge in [-0.25, -0.2) is 4.98 Å². The second kappa shape index (κ2) is 7.25. The molecule has 0 saturated heterocycles. The number of aromatic nitrogens is 2. The summed E-state index contributed by atoms with van der Waals surface area (Å²) in [5, 5.41) is 15.6. The van der Waals surface area contributed by atoms with Crippen LogP contribution in [0, 0.1) is 11.3 Å². The number of anilines is 3. The van der Waals surface area contributed by atoms with E-state index in [4.69, 9.17) is 0 Å². The van der Waals surface area contributed by atoms with E-state index in [2.05, 4.69) is 26.7 Å². The summed E-state index contributed by atoms with van der Waals surface area (Å²) in [6.45, 7) is 2.73. The van der Waals surface area contributed by atoms with Gasteiger partial charge in [-0.2, -0.15) is 10.2 Å². The monoisotopic (exact) mass is 315 g/mol. The molecule has 0 aliphatic carbocycles. The van der Waals surface area contributed by atoms with Crippen molar-refractivity contribution in [2.45, 2.75) is 6.92 Å². The van der Waals surface area contributed by atoms with Crippen molar-refractivity contribution >= 4 is 17.5 Å². The average molecular weight is 315 g/mol. The molecule has 2 aromatic carbocycles. The second-order valence-electron chi connectivity index (χ2n) is 5.14. The molecule has 24 heavy (non-hydrogen) atoms. The van der Waals surface area contributed by atoms with Crippen molar-refractivity contribution in [3.63, 3.8) is 0 Å². The maximum Gasteiger partial charge on any atom is 0.225 e. The predicted molar refractivity (Wildman–Crippen MR) is 96.1 cm³/mol. The molecular weight excluding hydrogens is 298 g/mol. The van der Waals surface area contributed by atoms with Gasteiger partial charge >= 0.3 is 0 Å². The zero-order chi connectivity index (χ0) is 16.8. The van der Waals surface area contributed by atoms with Gasteiger partial charge < -0.3 is 10.6 Å². The molecule has 3 aromatic rings. The lowest BCUT2D eigenvalue weighted by Gasteiger charge is -2.11. The molecule has 0 spiro atoms. The van der Waals surface area contributed by atoms with E-state index >= 15 is 0 Å². The third-order valence-electron chi connectivity index (χ3n) is 3.44. The van der Waals surface area contributed by atoms with Gasteiger partial charge in [0.2, 0.25) is 5.95 Å². The molecule has 0 radical (unpaired) electrons. The molecule has 0 fully saturated rings. The Hall–Kier alpha value is -3.39. The summed E-state index contributed by atoms with van der Waals surface area (Å²) >= 11 is 0. The molecule has 0 unspecified atom stereocenters. The van der Waals surface area contributed by atoms with Gasteiger partial charge in [0, 0.05) is 18.2 Å². The van der Waals surface area contributed by atoms with Gasteiger partial charge in [0.05, 0.1) is 16.9 Å². The first-order valence-electron chi connectivity index (χ1n) is 7.74. The summed E-state index contributed by atoms with van der Waals surface area (Å²) < 4.78 is 0. The highest BCUT2D eigenvalue weighted by molar-refractivity contribution is 5.69. The highest BCUT2D eigenvalue weighted by atomic mass is 15.1. The first-order chi connectivity index (χ1) is 11.8. The lowest BCUT2D eigenvalue weighted by molar-refractivity contribution is 1.09. The first kappa shape index (κ1) is 15.5. The molecule has 3 rings (SSSR count). The quantitative estimate of drug-likeness (QED) is 0.738. The molecule has 0 aliphatic rings. The Morgan fingerprint density at radius 1 is 1.00 bits per heavy atom. The molecule has 0 atom stereocenters. The number of rotatable bonds is 5. The van der Waals surface area contributed by atoms with E-state index in [0.29, 0.717) is 17.3 Å². The maximum absolute atomic E-state index is 9.23. The topological polar surface area (TPSA) is 73.6 Å². The van der Waals surface area contributed by atoms with Crippen molar-refractivity contribution in [3.8, 4) is 17.3 Å². The van der Waals surface area contributed by atoms with E-state index in [9.17, 15) is 5.26 Å². The zero-order valence-electron chi connectivity index (χ0n) is 13.3. The number of nitrogens with one attached hydrogen (secondary N) is 2. The first-order valence-corrected chi connectivity index (χ1v) is 7.74. The fraction of sp³-hybridized carbons (Fsp3) is 0.105. The van der Waals surface area contributed by atoms with Crippen LogP contribution >= 0.6 is 0 Å². The molecule has 118 valence electrons. The Balaban J connectivity index is 2.01. The predicted octanol–water partition coefficient (Wildman–Crippen LogP) is 4.19. The number of hydrogen-bond acceptors (Lipinski definition) is 5. The van der Waals surface area contributed by atoms with Crippen LogP contribution in [0.3, 0.4) is 0 Å². The average Bonchev–Trinajstić information content (AvgIpc) is 2.63. The van der Waals surface area contributed by atoms with Crippen LogP contribution in [-0.2, 0) is 0 Å². The Bertz CT molecular complexity index is 868. The van der Waals surface area contributed by atoms with Gasteiger partial charge in [0.1, 0.15) is 11.9 Å². The van der Waals surface area contributed by atoms with Crippen LogP contribution in [-0.4, -0.2) is 16.5 Å². The van der Waals surface area contributed by atoms with Gasteiger partial charge in [-0.1, -0.05) is 42.5 Å². The minimum Gasteiger partial charge on any atom is -0.354 e. The van der Waals surface area contributed by atoms with Crippen LogP contribution in [0.5, 0.6) is 0 Å². The Morgan fingerprint density at radius 3 is 2.50 bits per heavy atom. The molecule has 2 N–H and O–H groups in total. The fourth-order valence-corrected chi connectivity index (χ4v) is 2.33. The maximum atomic E-state index is 9.23. The summed E-state index contributed by atoms with van der Waals surface area (Å²) in [4.78, 5) is 9.03. The largest absolute Gasteiger partial charge is 0.354 e. The Kier molecular flexibility index (Phi) is 4.68. The van der Waals surface area contributed by atoms with Crippen LogP contribution in [0.2, 0.25) is 0 Å². The third-order valence-corrected chi connectivity index (χ3v) is 3.44. The highest BCUT2D eigenvalue weighted by Gasteiger charge is 2.08. The molecule has 5 nitrogen and oxygen atoms in total. The number of nitrogens with zero attached hydrogens (tertiary/aromatic N) is 3. The summed E-state index contributed by atoms with van der Waals surface area (Å²) in [6, 6.07) is 21.3. The van der Waals surface area contributed by atoms with E-state index in [-0.39, 0.29) is 0 Å². The van der Waals surface area contributed by atoms with Gasteiger partial charge in [0.15, 0.2) is 0 Å². The van der Waals surface area contributed by atoms with Gasteiger partial charge in [-0.3, -0.25) is 0 Å². The molecule has 0 bridgehead atoms. The van der Waals surface area contributed by atoms with Crippen molar-refractivity contribution in [2.75, 3.05) is 17.2 Å². The third kappa shape index (κ3) is 3.50. The summed E-state index contributed by atoms with van der Waals surface area (Å²) in [6.07, 6.45) is 0. The molecule has 1 heterocycles. The van der Waals surface area contributed by atoms with Gasteiger partial charge in [-0.15, -0.1) is 0 Å². The van der Waals surface area contributed by atoms with Crippen LogP contribution in [0.15, 0.2) is 60.7 Å². The number of para-hydroxylation sites is 1. The number of hydrogen-bond donors (Lipinski definition) is 2. The number of benzene rings is 2. The molecular formula is C19H17N5. The minimum atomic E-state index is 0.552. The molecule has 0 aliphatic heterocycles. The van der Waals surface area contributed by atoms with Crippen LogP contribution in [0.25, 0.3) is 11.3 Å². The van der Waals surface area contributed by atoms with Crippen LogP contribution in [0.4, 0.5) is 17.5 Å². The highest BCUT2D eigenvalue weighted by Crippen LogP contribution is 2.24. The lowest BCUT2D eigenvalue weighted by atomic mass is 10.1. The molecule has 5 heteroatoms. The smallest absolute Gasteiger partial charge is 0.225 e. The van der Waals surface area contributed by atoms with E-state index in [0.717, 1.165) is 23.5 Å². The number of nitriles is 1. The standard InChI is InChI=1S/C19H17N5/c1-2-21-19-23-17(14-8-4-3-5-9-14)12-18(24-19)22-16-11-7-6-10-15(16)13-20/h3-12H,2H2,1H3,(H2,21,22,23,24). The Morgan fingerprint density at radius 2 is 1.75 bits per heavy atom. The van der Waals surface area contributed by atoms with Crippen LogP contribution < -0.4 is 10.6 Å². The SMILES string of the molecule is CCNc1nc(Nc2ccccc2C#N)cc(-c2ccccc2)n1. The normalized spacial score (nSPS) is 10.0. The van der Waals surface area contributed by atoms with Crippen molar-refractivity contribution in [3.05, 3.63) is 66.2 Å². The minimum absolute atomic E-state index is 0.552. The van der Waals surface area contributed by atoms with Crippen molar-refractivity contribution in [1.29, 1.82) is 5.26 Å². The zero-order valence-corrected chi connectivity index (χ0v) is 13.3. The van der Waals surface area contributed by atoms with Crippen molar-refractivity contribution in [1.82, 2.24) is 9.97 Å². The van der Waals surface area contributed by atoms with Crippen LogP contribution in [0.1, 0.15) is 12.5 Å². The lowest BCUT2D eigenvalue weighted by Crippen LogP contribution is -2.05. The van der Waals surface area contributed by atoms with Crippen molar-refractivity contribution in [2.24, 2.45) is 0 Å². The molecule has 0 amide bonds. The van der Waals surface area contributed by atoms with E-state index in [1.807, 2.05) is 61.5 Å². The Labute approximate surface area is 141 Å². The molecule has 1 aromatic heterocycles. The van der Waals surface area contributed by atoms with Gasteiger partial charge in [0.25, 0.3) is 0 Å². The van der Waals surface area contributed by atoms with Gasteiger partial charge in [-0.05, 0) is 19.1 Å². The fourth-order valence-electron chi connectivity index (χ4n) is 2.33. The summed E-state index contributed by atoms with van der Waals surface area (Å²) in [5.41, 5.74) is 3.12. The van der Waals surface area contributed by atoms with Crippen molar-refractivity contribution < 1.29 is 0 Å². The summed E-state index contributed by atoms with van der Waals surface area (Å²) in [5.74, 6) is 1.19. The van der Waals surface area contributed by atoms with E-state index < -0.39 is 0 Å².